The quantitative estimate of drug-likeness (QED) is 0.741. The Morgan fingerprint density at radius 3 is 2.35 bits per heavy atom. The van der Waals surface area contributed by atoms with Gasteiger partial charge in [-0.05, 0) is 40.7 Å². The summed E-state index contributed by atoms with van der Waals surface area (Å²) in [6.45, 7) is 9.95. The second-order valence-corrected chi connectivity index (χ2v) is 7.34. The molecule has 1 N–H and O–H groups in total. The van der Waals surface area contributed by atoms with Gasteiger partial charge >= 0.3 is 0 Å². The Labute approximate surface area is 142 Å². The van der Waals surface area contributed by atoms with Crippen molar-refractivity contribution < 1.29 is 14.4 Å². The molecule has 0 bridgehead atoms. The summed E-state index contributed by atoms with van der Waals surface area (Å²) in [5, 5.41) is 2.76. The number of carbonyl (C=O) groups is 3. The molecular formula is C17H26N2O3S. The molecule has 0 unspecified atom stereocenters. The van der Waals surface area contributed by atoms with Gasteiger partial charge in [0.05, 0.1) is 6.54 Å². The molecule has 0 atom stereocenters. The Bertz CT molecular complexity index is 578. The first-order valence-electron chi connectivity index (χ1n) is 7.92. The van der Waals surface area contributed by atoms with Gasteiger partial charge in [-0.1, -0.05) is 0 Å². The number of aryl methyl sites for hydroxylation is 2. The summed E-state index contributed by atoms with van der Waals surface area (Å²) in [6.07, 6.45) is 0.314. The highest BCUT2D eigenvalue weighted by atomic mass is 32.1. The average Bonchev–Trinajstić information content (AvgIpc) is 2.79. The zero-order valence-corrected chi connectivity index (χ0v) is 15.4. The van der Waals surface area contributed by atoms with Crippen molar-refractivity contribution in [1.29, 1.82) is 0 Å². The maximum atomic E-state index is 12.2. The van der Waals surface area contributed by atoms with Gasteiger partial charge in [0.15, 0.2) is 5.78 Å². The van der Waals surface area contributed by atoms with E-state index in [0.717, 1.165) is 9.75 Å². The summed E-state index contributed by atoms with van der Waals surface area (Å²) in [7, 11) is 0. The summed E-state index contributed by atoms with van der Waals surface area (Å²) in [4.78, 5) is 39.8. The van der Waals surface area contributed by atoms with Crippen LogP contribution in [0.2, 0.25) is 0 Å². The summed E-state index contributed by atoms with van der Waals surface area (Å²) in [5.41, 5.74) is 0.709. The number of thiophene rings is 1. The summed E-state index contributed by atoms with van der Waals surface area (Å²) in [5.74, 6) is -0.349. The van der Waals surface area contributed by atoms with Crippen LogP contribution in [-0.4, -0.2) is 41.6 Å². The smallest absolute Gasteiger partial charge is 0.239 e. The summed E-state index contributed by atoms with van der Waals surface area (Å²) in [6, 6.07) is 1.92. The van der Waals surface area contributed by atoms with Gasteiger partial charge in [-0.3, -0.25) is 14.4 Å². The molecule has 0 aliphatic heterocycles. The van der Waals surface area contributed by atoms with Crippen LogP contribution in [0.25, 0.3) is 0 Å². The highest BCUT2D eigenvalue weighted by Crippen LogP contribution is 2.22. The van der Waals surface area contributed by atoms with Crippen molar-refractivity contribution in [2.24, 2.45) is 0 Å². The molecule has 0 saturated carbocycles. The number of rotatable bonds is 8. The van der Waals surface area contributed by atoms with E-state index in [1.807, 2.05) is 40.7 Å². The van der Waals surface area contributed by atoms with Crippen LogP contribution < -0.4 is 5.32 Å². The molecule has 0 fully saturated rings. The largest absolute Gasteiger partial charge is 0.352 e. The molecule has 128 valence electrons. The number of hydrogen-bond acceptors (Lipinski definition) is 4. The molecule has 0 radical (unpaired) electrons. The van der Waals surface area contributed by atoms with Crippen molar-refractivity contribution in [3.05, 3.63) is 21.4 Å². The molecule has 0 aliphatic carbocycles. The van der Waals surface area contributed by atoms with Crippen molar-refractivity contribution in [3.8, 4) is 0 Å². The van der Waals surface area contributed by atoms with Crippen LogP contribution in [0.1, 0.15) is 53.7 Å². The van der Waals surface area contributed by atoms with Crippen molar-refractivity contribution in [3.63, 3.8) is 0 Å². The van der Waals surface area contributed by atoms with E-state index in [1.54, 1.807) is 11.3 Å². The third-order valence-corrected chi connectivity index (χ3v) is 4.39. The van der Waals surface area contributed by atoms with Crippen molar-refractivity contribution in [2.75, 3.05) is 13.1 Å². The first-order valence-corrected chi connectivity index (χ1v) is 8.73. The molecule has 0 aliphatic rings. The summed E-state index contributed by atoms with van der Waals surface area (Å²) >= 11 is 1.59. The zero-order chi connectivity index (χ0) is 17.6. The molecule has 23 heavy (non-hydrogen) atoms. The van der Waals surface area contributed by atoms with Crippen molar-refractivity contribution >= 4 is 28.9 Å². The number of carbonyl (C=O) groups excluding carboxylic acids is 3. The molecule has 1 heterocycles. The van der Waals surface area contributed by atoms with Crippen LogP contribution in [0, 0.1) is 13.8 Å². The van der Waals surface area contributed by atoms with Crippen LogP contribution in [0.4, 0.5) is 0 Å². The Balaban J connectivity index is 2.55. The molecular weight excluding hydrogens is 312 g/mol. The molecule has 1 aromatic heterocycles. The first-order chi connectivity index (χ1) is 10.7. The van der Waals surface area contributed by atoms with E-state index >= 15 is 0 Å². The van der Waals surface area contributed by atoms with E-state index in [2.05, 4.69) is 5.32 Å². The van der Waals surface area contributed by atoms with Gasteiger partial charge in [0.1, 0.15) is 0 Å². The van der Waals surface area contributed by atoms with Gasteiger partial charge in [-0.2, -0.15) is 0 Å². The van der Waals surface area contributed by atoms with Crippen LogP contribution in [-0.2, 0) is 9.59 Å². The Kier molecular flexibility index (Phi) is 7.42. The maximum absolute atomic E-state index is 12.2. The number of hydrogen-bond donors (Lipinski definition) is 1. The SMILES string of the molecule is CCN(CC(=O)NC(C)C)C(=O)CCC(=O)c1cc(C)sc1C. The van der Waals surface area contributed by atoms with Gasteiger partial charge < -0.3 is 10.2 Å². The molecule has 2 amide bonds. The maximum Gasteiger partial charge on any atom is 0.239 e. The fraction of sp³-hybridized carbons (Fsp3) is 0.588. The minimum absolute atomic E-state index is 0.0112. The predicted molar refractivity (Wildman–Crippen MR) is 92.9 cm³/mol. The Hall–Kier alpha value is -1.69. The minimum atomic E-state index is -0.175. The lowest BCUT2D eigenvalue weighted by Crippen LogP contribution is -2.42. The van der Waals surface area contributed by atoms with E-state index < -0.39 is 0 Å². The van der Waals surface area contributed by atoms with Crippen LogP contribution in [0.15, 0.2) is 6.07 Å². The first kappa shape index (κ1) is 19.4. The van der Waals surface area contributed by atoms with Gasteiger partial charge in [0.2, 0.25) is 11.8 Å². The van der Waals surface area contributed by atoms with E-state index in [4.69, 9.17) is 0 Å². The van der Waals surface area contributed by atoms with Crippen molar-refractivity contribution in [1.82, 2.24) is 10.2 Å². The van der Waals surface area contributed by atoms with Gasteiger partial charge in [0, 0.05) is 40.7 Å². The minimum Gasteiger partial charge on any atom is -0.352 e. The fourth-order valence-electron chi connectivity index (χ4n) is 2.34. The highest BCUT2D eigenvalue weighted by Gasteiger charge is 2.18. The molecule has 5 nitrogen and oxygen atoms in total. The van der Waals surface area contributed by atoms with Gasteiger partial charge in [-0.25, -0.2) is 0 Å². The lowest BCUT2D eigenvalue weighted by atomic mass is 10.1. The lowest BCUT2D eigenvalue weighted by Gasteiger charge is -2.21. The number of likely N-dealkylation sites (N-methyl/N-ethyl adjacent to an activating group) is 1. The van der Waals surface area contributed by atoms with E-state index in [1.165, 1.54) is 4.90 Å². The third kappa shape index (κ3) is 6.14. The topological polar surface area (TPSA) is 66.5 Å². The second kappa shape index (κ2) is 8.82. The van der Waals surface area contributed by atoms with Crippen LogP contribution in [0.3, 0.4) is 0 Å². The van der Waals surface area contributed by atoms with Crippen LogP contribution in [0.5, 0.6) is 0 Å². The normalized spacial score (nSPS) is 10.7. The molecule has 6 heteroatoms. The number of Topliss-reactive ketones (excluding diaryl/α,β-unsaturated/α-hetero) is 1. The van der Waals surface area contributed by atoms with E-state index in [0.29, 0.717) is 12.1 Å². The van der Waals surface area contributed by atoms with Gasteiger partial charge in [-0.15, -0.1) is 11.3 Å². The second-order valence-electron chi connectivity index (χ2n) is 5.88. The standard InChI is InChI=1S/C17H26N2O3S/c1-6-19(10-16(21)18-11(2)3)17(22)8-7-15(20)14-9-12(4)23-13(14)5/h9,11H,6-8,10H2,1-5H3,(H,18,21). The molecule has 1 aromatic rings. The Morgan fingerprint density at radius 1 is 1.22 bits per heavy atom. The zero-order valence-electron chi connectivity index (χ0n) is 14.6. The number of nitrogens with zero attached hydrogens (tertiary/aromatic N) is 1. The monoisotopic (exact) mass is 338 g/mol. The molecule has 0 saturated heterocycles. The molecule has 1 rings (SSSR count). The van der Waals surface area contributed by atoms with Crippen LogP contribution >= 0.6 is 11.3 Å². The highest BCUT2D eigenvalue weighted by molar-refractivity contribution is 7.12. The van der Waals surface area contributed by atoms with E-state index in [9.17, 15) is 14.4 Å². The fourth-order valence-corrected chi connectivity index (χ4v) is 3.28. The lowest BCUT2D eigenvalue weighted by molar-refractivity contribution is -0.136. The third-order valence-electron chi connectivity index (χ3n) is 3.43. The number of ketones is 1. The summed E-state index contributed by atoms with van der Waals surface area (Å²) < 4.78 is 0. The Morgan fingerprint density at radius 2 is 1.87 bits per heavy atom. The number of nitrogens with one attached hydrogen (secondary N) is 1. The van der Waals surface area contributed by atoms with E-state index in [-0.39, 0.29) is 43.0 Å². The van der Waals surface area contributed by atoms with Gasteiger partial charge in [0.25, 0.3) is 0 Å². The molecule has 0 aromatic carbocycles. The predicted octanol–water partition coefficient (Wildman–Crippen LogP) is 2.70. The molecule has 0 spiro atoms. The number of amides is 2. The average molecular weight is 338 g/mol. The van der Waals surface area contributed by atoms with Crippen molar-refractivity contribution in [2.45, 2.75) is 53.5 Å².